The molecule has 0 saturated carbocycles. The van der Waals surface area contributed by atoms with Gasteiger partial charge in [-0.3, -0.25) is 0 Å². The van der Waals surface area contributed by atoms with Crippen molar-refractivity contribution in [3.8, 4) is 17.2 Å². The molecule has 23 heavy (non-hydrogen) atoms. The molecule has 0 fully saturated rings. The van der Waals surface area contributed by atoms with Gasteiger partial charge < -0.3 is 14.2 Å². The normalized spacial score (nSPS) is 11.2. The van der Waals surface area contributed by atoms with Crippen LogP contribution in [0, 0.1) is 0 Å². The van der Waals surface area contributed by atoms with Crippen molar-refractivity contribution in [3.05, 3.63) is 53.1 Å². The average Bonchev–Trinajstić information content (AvgIpc) is 2.52. The van der Waals surface area contributed by atoms with Gasteiger partial charge in [0, 0.05) is 6.07 Å². The molecule has 0 spiro atoms. The molecule has 0 amide bonds. The number of ether oxygens (including phenoxy) is 3. The maximum Gasteiger partial charge on any atom is 0.138 e. The summed E-state index contributed by atoms with van der Waals surface area (Å²) in [6.45, 7) is 7.32. The zero-order chi connectivity index (χ0) is 16.9. The van der Waals surface area contributed by atoms with E-state index in [4.69, 9.17) is 25.8 Å². The molecule has 2 rings (SSSR count). The van der Waals surface area contributed by atoms with E-state index in [1.807, 2.05) is 42.5 Å². The molecule has 0 aliphatic heterocycles. The van der Waals surface area contributed by atoms with Gasteiger partial charge in [-0.05, 0) is 35.2 Å². The highest BCUT2D eigenvalue weighted by molar-refractivity contribution is 6.32. The fourth-order valence-corrected chi connectivity index (χ4v) is 2.32. The average molecular weight is 335 g/mol. The Morgan fingerprint density at radius 1 is 0.913 bits per heavy atom. The van der Waals surface area contributed by atoms with Crippen molar-refractivity contribution in [2.45, 2.75) is 26.2 Å². The predicted octanol–water partition coefficient (Wildman–Crippen LogP) is 5.10. The number of rotatable bonds is 6. The first kappa shape index (κ1) is 17.5. The largest absolute Gasteiger partial charge is 0.497 e. The molecule has 0 aliphatic carbocycles. The predicted molar refractivity (Wildman–Crippen MR) is 94.1 cm³/mol. The highest BCUT2D eigenvalue weighted by Gasteiger charge is 2.15. The van der Waals surface area contributed by atoms with Gasteiger partial charge >= 0.3 is 0 Å². The van der Waals surface area contributed by atoms with Gasteiger partial charge in [-0.1, -0.05) is 44.5 Å². The standard InChI is InChI=1S/C19H23ClO3/c1-19(2,3)14-8-9-18(17(20)12-14)23-11-10-22-16-7-5-6-15(13-16)21-4/h5-9,12-13H,10-11H2,1-4H3. The highest BCUT2D eigenvalue weighted by Crippen LogP contribution is 2.31. The minimum atomic E-state index is 0.0671. The van der Waals surface area contributed by atoms with Crippen LogP contribution in [0.25, 0.3) is 0 Å². The van der Waals surface area contributed by atoms with Gasteiger partial charge in [0.25, 0.3) is 0 Å². The van der Waals surface area contributed by atoms with Crippen LogP contribution in [0.2, 0.25) is 5.02 Å². The van der Waals surface area contributed by atoms with Crippen molar-refractivity contribution in [1.29, 1.82) is 0 Å². The second-order valence-corrected chi connectivity index (χ2v) is 6.68. The summed E-state index contributed by atoms with van der Waals surface area (Å²) in [5, 5.41) is 0.624. The van der Waals surface area contributed by atoms with Gasteiger partial charge in [0.2, 0.25) is 0 Å². The third-order valence-corrected chi connectivity index (χ3v) is 3.74. The summed E-state index contributed by atoms with van der Waals surface area (Å²) < 4.78 is 16.5. The second kappa shape index (κ2) is 7.60. The van der Waals surface area contributed by atoms with Gasteiger partial charge in [-0.15, -0.1) is 0 Å². The lowest BCUT2D eigenvalue weighted by atomic mass is 9.87. The molecule has 4 heteroatoms. The van der Waals surface area contributed by atoms with E-state index >= 15 is 0 Å². The topological polar surface area (TPSA) is 27.7 Å². The van der Waals surface area contributed by atoms with Crippen LogP contribution in [-0.4, -0.2) is 20.3 Å². The first-order valence-corrected chi connectivity index (χ1v) is 7.97. The van der Waals surface area contributed by atoms with Crippen molar-refractivity contribution in [2.75, 3.05) is 20.3 Å². The van der Waals surface area contributed by atoms with Crippen LogP contribution in [0.5, 0.6) is 17.2 Å². The third kappa shape index (κ3) is 5.07. The Labute approximate surface area is 143 Å². The zero-order valence-corrected chi connectivity index (χ0v) is 14.8. The summed E-state index contributed by atoms with van der Waals surface area (Å²) >= 11 is 6.29. The highest BCUT2D eigenvalue weighted by atomic mass is 35.5. The van der Waals surface area contributed by atoms with Crippen molar-refractivity contribution in [3.63, 3.8) is 0 Å². The maximum absolute atomic E-state index is 6.29. The lowest BCUT2D eigenvalue weighted by molar-refractivity contribution is 0.216. The Morgan fingerprint density at radius 2 is 1.61 bits per heavy atom. The molecule has 0 heterocycles. The first-order valence-electron chi connectivity index (χ1n) is 7.60. The molecular weight excluding hydrogens is 312 g/mol. The number of methoxy groups -OCH3 is 1. The van der Waals surface area contributed by atoms with Crippen molar-refractivity contribution in [1.82, 2.24) is 0 Å². The Hall–Kier alpha value is -1.87. The summed E-state index contributed by atoms with van der Waals surface area (Å²) in [6, 6.07) is 13.4. The van der Waals surface area contributed by atoms with Gasteiger partial charge in [0.05, 0.1) is 12.1 Å². The SMILES string of the molecule is COc1cccc(OCCOc2ccc(C(C)(C)C)cc2Cl)c1. The van der Waals surface area contributed by atoms with E-state index in [9.17, 15) is 0 Å². The molecule has 2 aromatic carbocycles. The lowest BCUT2D eigenvalue weighted by Gasteiger charge is -2.20. The summed E-state index contributed by atoms with van der Waals surface area (Å²) in [4.78, 5) is 0. The third-order valence-electron chi connectivity index (χ3n) is 3.45. The monoisotopic (exact) mass is 334 g/mol. The first-order chi connectivity index (χ1) is 10.9. The van der Waals surface area contributed by atoms with E-state index in [1.165, 1.54) is 5.56 Å². The Kier molecular flexibility index (Phi) is 5.78. The molecule has 0 aliphatic rings. The Morgan fingerprint density at radius 3 is 2.26 bits per heavy atom. The molecule has 0 bridgehead atoms. The fourth-order valence-electron chi connectivity index (χ4n) is 2.09. The quantitative estimate of drug-likeness (QED) is 0.687. The van der Waals surface area contributed by atoms with E-state index in [1.54, 1.807) is 7.11 Å². The molecule has 3 nitrogen and oxygen atoms in total. The molecule has 0 atom stereocenters. The number of hydrogen-bond donors (Lipinski definition) is 0. The second-order valence-electron chi connectivity index (χ2n) is 6.27. The number of benzene rings is 2. The van der Waals surface area contributed by atoms with Crippen molar-refractivity contribution in [2.24, 2.45) is 0 Å². The molecule has 0 saturated heterocycles. The Bertz CT molecular complexity index is 647. The van der Waals surface area contributed by atoms with Gasteiger partial charge in [-0.25, -0.2) is 0 Å². The van der Waals surface area contributed by atoms with E-state index in [0.717, 1.165) is 11.5 Å². The minimum absolute atomic E-state index is 0.0671. The molecule has 124 valence electrons. The lowest BCUT2D eigenvalue weighted by Crippen LogP contribution is -2.12. The van der Waals surface area contributed by atoms with Crippen molar-refractivity contribution < 1.29 is 14.2 Å². The smallest absolute Gasteiger partial charge is 0.138 e. The molecular formula is C19H23ClO3. The van der Waals surface area contributed by atoms with Crippen LogP contribution < -0.4 is 14.2 Å². The van der Waals surface area contributed by atoms with Crippen LogP contribution in [0.1, 0.15) is 26.3 Å². The van der Waals surface area contributed by atoms with Crippen molar-refractivity contribution >= 4 is 11.6 Å². The molecule has 2 aromatic rings. The van der Waals surface area contributed by atoms with E-state index in [0.29, 0.717) is 24.0 Å². The summed E-state index contributed by atoms with van der Waals surface area (Å²) in [5.74, 6) is 2.19. The van der Waals surface area contributed by atoms with Crippen LogP contribution >= 0.6 is 11.6 Å². The molecule has 0 aromatic heterocycles. The zero-order valence-electron chi connectivity index (χ0n) is 14.1. The number of hydrogen-bond acceptors (Lipinski definition) is 3. The number of halogens is 1. The van der Waals surface area contributed by atoms with E-state index in [-0.39, 0.29) is 5.41 Å². The van der Waals surface area contributed by atoms with Crippen LogP contribution in [0.3, 0.4) is 0 Å². The summed E-state index contributed by atoms with van der Waals surface area (Å²) in [7, 11) is 1.63. The van der Waals surface area contributed by atoms with Crippen LogP contribution in [0.4, 0.5) is 0 Å². The minimum Gasteiger partial charge on any atom is -0.497 e. The summed E-state index contributed by atoms with van der Waals surface area (Å²) in [5.41, 5.74) is 1.25. The maximum atomic E-state index is 6.29. The Balaban J connectivity index is 1.86. The van der Waals surface area contributed by atoms with E-state index in [2.05, 4.69) is 20.8 Å². The van der Waals surface area contributed by atoms with E-state index < -0.39 is 0 Å². The summed E-state index contributed by atoms with van der Waals surface area (Å²) in [6.07, 6.45) is 0. The molecule has 0 radical (unpaired) electrons. The van der Waals surface area contributed by atoms with Gasteiger partial charge in [0.15, 0.2) is 0 Å². The fraction of sp³-hybridized carbons (Fsp3) is 0.368. The molecule has 0 N–H and O–H groups in total. The van der Waals surface area contributed by atoms with Crippen LogP contribution in [0.15, 0.2) is 42.5 Å². The van der Waals surface area contributed by atoms with Crippen LogP contribution in [-0.2, 0) is 5.41 Å². The van der Waals surface area contributed by atoms with Gasteiger partial charge in [0.1, 0.15) is 30.5 Å². The molecule has 0 unspecified atom stereocenters. The van der Waals surface area contributed by atoms with Gasteiger partial charge in [-0.2, -0.15) is 0 Å².